The predicted molar refractivity (Wildman–Crippen MR) is 87.7 cm³/mol. The number of rotatable bonds is 4. The van der Waals surface area contributed by atoms with Crippen LogP contribution in [0.3, 0.4) is 0 Å². The minimum atomic E-state index is 0.762. The third-order valence-corrected chi connectivity index (χ3v) is 5.11. The fraction of sp³-hybridized carbons (Fsp3) is 0.286. The smallest absolute Gasteiger partial charge is 0.190 e. The zero-order valence-corrected chi connectivity index (χ0v) is 14.1. The van der Waals surface area contributed by atoms with Gasteiger partial charge in [0.05, 0.1) is 10.2 Å². The largest absolute Gasteiger partial charge is 0.352 e. The molecule has 1 aliphatic rings. The summed E-state index contributed by atoms with van der Waals surface area (Å²) < 4.78 is 1.01. The highest BCUT2D eigenvalue weighted by molar-refractivity contribution is 9.10. The summed E-state index contributed by atoms with van der Waals surface area (Å²) >= 11 is 11.1. The molecule has 2 aromatic rings. The first-order chi connectivity index (χ1) is 9.63. The van der Waals surface area contributed by atoms with Gasteiger partial charge in [-0.05, 0) is 40.5 Å². The minimum absolute atomic E-state index is 0.762. The molecule has 104 valence electrons. The number of aromatic nitrogens is 2. The molecule has 3 rings (SSSR count). The number of anilines is 1. The van der Waals surface area contributed by atoms with Crippen LogP contribution in [-0.4, -0.2) is 23.1 Å². The average molecular weight is 371 g/mol. The summed E-state index contributed by atoms with van der Waals surface area (Å²) in [6.45, 7) is 4.16. The maximum Gasteiger partial charge on any atom is 0.190 e. The molecule has 0 radical (unpaired) electrons. The van der Waals surface area contributed by atoms with E-state index in [0.29, 0.717) is 0 Å². The fourth-order valence-electron chi connectivity index (χ4n) is 1.78. The summed E-state index contributed by atoms with van der Waals surface area (Å²) in [5, 5.41) is 1.58. The van der Waals surface area contributed by atoms with Gasteiger partial charge in [0, 0.05) is 23.9 Å². The first kappa shape index (κ1) is 14.2. The van der Waals surface area contributed by atoms with Crippen LogP contribution < -0.4 is 4.90 Å². The Morgan fingerprint density at radius 1 is 1.25 bits per heavy atom. The fourth-order valence-corrected chi connectivity index (χ4v) is 3.18. The van der Waals surface area contributed by atoms with Gasteiger partial charge in [-0.1, -0.05) is 35.5 Å². The van der Waals surface area contributed by atoms with E-state index in [4.69, 9.17) is 11.6 Å². The molecule has 0 aliphatic carbocycles. The van der Waals surface area contributed by atoms with Gasteiger partial charge in [-0.25, -0.2) is 9.97 Å². The van der Waals surface area contributed by atoms with Crippen LogP contribution in [0.4, 0.5) is 5.82 Å². The molecule has 0 bridgehead atoms. The lowest BCUT2D eigenvalue weighted by atomic mass is 10.2. The number of nitrogens with zero attached hydrogens (tertiary/aromatic N) is 3. The van der Waals surface area contributed by atoms with Crippen LogP contribution in [-0.2, 0) is 5.75 Å². The van der Waals surface area contributed by atoms with Gasteiger partial charge in [-0.15, -0.1) is 0 Å². The Hall–Kier alpha value is -0.780. The van der Waals surface area contributed by atoms with Gasteiger partial charge in [-0.3, -0.25) is 0 Å². The van der Waals surface area contributed by atoms with Crippen LogP contribution in [0.25, 0.3) is 0 Å². The van der Waals surface area contributed by atoms with E-state index < -0.39 is 0 Å². The maximum atomic E-state index is 5.89. The Morgan fingerprint density at radius 2 is 1.95 bits per heavy atom. The van der Waals surface area contributed by atoms with Gasteiger partial charge in [0.2, 0.25) is 0 Å². The molecule has 20 heavy (non-hydrogen) atoms. The summed E-state index contributed by atoms with van der Waals surface area (Å²) in [7, 11) is 0. The average Bonchev–Trinajstić information content (AvgIpc) is 3.26. The second-order valence-corrected chi connectivity index (χ2v) is 6.80. The molecule has 1 aliphatic heterocycles. The number of aryl methyl sites for hydroxylation is 1. The summed E-state index contributed by atoms with van der Waals surface area (Å²) in [6.07, 6.45) is 0. The molecule has 2 heterocycles. The first-order valence-electron chi connectivity index (χ1n) is 6.30. The molecule has 0 atom stereocenters. The SMILES string of the molecule is Cc1nc(SCc2ccc(Cl)cc2)nc(N2CC2)c1Br. The zero-order chi connectivity index (χ0) is 14.1. The lowest BCUT2D eigenvalue weighted by molar-refractivity contribution is 0.915. The van der Waals surface area contributed by atoms with Gasteiger partial charge in [0.15, 0.2) is 5.16 Å². The zero-order valence-electron chi connectivity index (χ0n) is 10.9. The van der Waals surface area contributed by atoms with Crippen molar-refractivity contribution >= 4 is 45.1 Å². The molecular weight excluding hydrogens is 358 g/mol. The molecule has 6 heteroatoms. The van der Waals surface area contributed by atoms with Crippen LogP contribution in [0.5, 0.6) is 0 Å². The maximum absolute atomic E-state index is 5.89. The van der Waals surface area contributed by atoms with E-state index in [-0.39, 0.29) is 0 Å². The molecule has 0 amide bonds. The van der Waals surface area contributed by atoms with Crippen LogP contribution >= 0.6 is 39.3 Å². The topological polar surface area (TPSA) is 28.8 Å². The molecule has 0 saturated carbocycles. The molecule has 1 aromatic heterocycles. The Morgan fingerprint density at radius 3 is 2.60 bits per heavy atom. The normalized spacial score (nSPS) is 13.7. The van der Waals surface area contributed by atoms with Crippen molar-refractivity contribution < 1.29 is 0 Å². The molecular formula is C14H13BrClN3S. The van der Waals surface area contributed by atoms with Gasteiger partial charge >= 0.3 is 0 Å². The lowest BCUT2D eigenvalue weighted by Crippen LogP contribution is -2.01. The van der Waals surface area contributed by atoms with Gasteiger partial charge < -0.3 is 4.90 Å². The number of hydrogen-bond acceptors (Lipinski definition) is 4. The molecule has 1 saturated heterocycles. The summed E-state index contributed by atoms with van der Waals surface area (Å²) in [6, 6.07) is 7.89. The monoisotopic (exact) mass is 369 g/mol. The van der Waals surface area contributed by atoms with Crippen molar-refractivity contribution in [1.29, 1.82) is 0 Å². The molecule has 0 unspecified atom stereocenters. The molecule has 1 fully saturated rings. The molecule has 1 aromatic carbocycles. The number of benzene rings is 1. The van der Waals surface area contributed by atoms with E-state index in [1.54, 1.807) is 11.8 Å². The predicted octanol–water partition coefficient (Wildman–Crippen LogP) is 4.31. The Kier molecular flexibility index (Phi) is 4.19. The van der Waals surface area contributed by atoms with Crippen LogP contribution in [0.1, 0.15) is 11.3 Å². The quantitative estimate of drug-likeness (QED) is 0.455. The second-order valence-electron chi connectivity index (χ2n) is 4.63. The number of halogens is 2. The summed E-state index contributed by atoms with van der Waals surface area (Å²) in [5.74, 6) is 1.86. The number of hydrogen-bond donors (Lipinski definition) is 0. The van der Waals surface area contributed by atoms with Crippen molar-refractivity contribution in [1.82, 2.24) is 9.97 Å². The summed E-state index contributed by atoms with van der Waals surface area (Å²) in [5.41, 5.74) is 2.21. The third-order valence-electron chi connectivity index (χ3n) is 3.01. The lowest BCUT2D eigenvalue weighted by Gasteiger charge is -2.09. The second kappa shape index (κ2) is 5.92. The van der Waals surface area contributed by atoms with Crippen molar-refractivity contribution in [3.8, 4) is 0 Å². The van der Waals surface area contributed by atoms with Crippen LogP contribution in [0.2, 0.25) is 5.02 Å². The molecule has 3 nitrogen and oxygen atoms in total. The minimum Gasteiger partial charge on any atom is -0.352 e. The molecule has 0 N–H and O–H groups in total. The van der Waals surface area contributed by atoms with Gasteiger partial charge in [0.25, 0.3) is 0 Å². The van der Waals surface area contributed by atoms with E-state index >= 15 is 0 Å². The highest BCUT2D eigenvalue weighted by Gasteiger charge is 2.24. The van der Waals surface area contributed by atoms with E-state index in [1.807, 2.05) is 31.2 Å². The number of thioether (sulfide) groups is 1. The van der Waals surface area contributed by atoms with Crippen LogP contribution in [0.15, 0.2) is 33.9 Å². The highest BCUT2D eigenvalue weighted by atomic mass is 79.9. The van der Waals surface area contributed by atoms with Gasteiger partial charge in [-0.2, -0.15) is 0 Å². The highest BCUT2D eigenvalue weighted by Crippen LogP contribution is 2.32. The standard InChI is InChI=1S/C14H13BrClN3S/c1-9-12(15)13(19-6-7-19)18-14(17-9)20-8-10-2-4-11(16)5-3-10/h2-5H,6-8H2,1H3. The van der Waals surface area contributed by atoms with E-state index in [2.05, 4.69) is 30.8 Å². The Balaban J connectivity index is 1.75. The van der Waals surface area contributed by atoms with Crippen molar-refractivity contribution in [3.63, 3.8) is 0 Å². The Bertz CT molecular complexity index is 629. The Labute approximate surface area is 135 Å². The van der Waals surface area contributed by atoms with E-state index in [0.717, 1.165) is 45.0 Å². The van der Waals surface area contributed by atoms with Crippen molar-refractivity contribution in [2.75, 3.05) is 18.0 Å². The van der Waals surface area contributed by atoms with Crippen molar-refractivity contribution in [2.24, 2.45) is 0 Å². The molecule has 0 spiro atoms. The van der Waals surface area contributed by atoms with Crippen molar-refractivity contribution in [2.45, 2.75) is 17.8 Å². The van der Waals surface area contributed by atoms with Crippen LogP contribution in [0, 0.1) is 6.92 Å². The van der Waals surface area contributed by atoms with E-state index in [9.17, 15) is 0 Å². The van der Waals surface area contributed by atoms with E-state index in [1.165, 1.54) is 5.56 Å². The first-order valence-corrected chi connectivity index (χ1v) is 8.45. The summed E-state index contributed by atoms with van der Waals surface area (Å²) in [4.78, 5) is 11.4. The van der Waals surface area contributed by atoms with Crippen molar-refractivity contribution in [3.05, 3.63) is 45.0 Å². The third kappa shape index (κ3) is 3.27. The van der Waals surface area contributed by atoms with Gasteiger partial charge in [0.1, 0.15) is 5.82 Å².